The third-order valence-corrected chi connectivity index (χ3v) is 2.42. The van der Waals surface area contributed by atoms with Gasteiger partial charge in [0.15, 0.2) is 0 Å². The van der Waals surface area contributed by atoms with Gasteiger partial charge in [0, 0.05) is 12.0 Å². The SMILES string of the molecule is COOCCCC1(C)CCC(=O)N1. The summed E-state index contributed by atoms with van der Waals surface area (Å²) in [6.45, 7) is 2.66. The Balaban J connectivity index is 2.16. The van der Waals surface area contributed by atoms with Crippen LogP contribution in [0.4, 0.5) is 0 Å². The molecule has 0 aromatic heterocycles. The molecule has 1 fully saturated rings. The van der Waals surface area contributed by atoms with Crippen molar-refractivity contribution in [2.75, 3.05) is 13.7 Å². The number of carbonyl (C=O) groups excluding carboxylic acids is 1. The van der Waals surface area contributed by atoms with Crippen LogP contribution in [0, 0.1) is 0 Å². The molecule has 1 N–H and O–H groups in total. The van der Waals surface area contributed by atoms with Crippen molar-refractivity contribution in [1.82, 2.24) is 5.32 Å². The van der Waals surface area contributed by atoms with Crippen molar-refractivity contribution in [2.24, 2.45) is 0 Å². The van der Waals surface area contributed by atoms with Gasteiger partial charge in [-0.1, -0.05) is 0 Å². The summed E-state index contributed by atoms with van der Waals surface area (Å²) in [5.74, 6) is 0.162. The standard InChI is InChI=1S/C9H17NO3/c1-9(5-3-7-13-12-2)6-4-8(11)10-9/h3-7H2,1-2H3,(H,10,11). The summed E-state index contributed by atoms with van der Waals surface area (Å²) in [4.78, 5) is 20.2. The van der Waals surface area contributed by atoms with E-state index in [0.717, 1.165) is 19.3 Å². The maximum Gasteiger partial charge on any atom is 0.220 e. The molecule has 0 aliphatic carbocycles. The number of hydrogen-bond acceptors (Lipinski definition) is 3. The fraction of sp³-hybridized carbons (Fsp3) is 0.889. The van der Waals surface area contributed by atoms with Gasteiger partial charge in [0.2, 0.25) is 5.91 Å². The molecular formula is C9H17NO3. The van der Waals surface area contributed by atoms with E-state index in [1.807, 2.05) is 0 Å². The summed E-state index contributed by atoms with van der Waals surface area (Å²) < 4.78 is 0. The molecule has 1 rings (SSSR count). The van der Waals surface area contributed by atoms with Crippen molar-refractivity contribution in [2.45, 2.75) is 38.1 Å². The van der Waals surface area contributed by atoms with Crippen LogP contribution >= 0.6 is 0 Å². The summed E-state index contributed by atoms with van der Waals surface area (Å²) in [7, 11) is 1.50. The third kappa shape index (κ3) is 3.32. The van der Waals surface area contributed by atoms with Gasteiger partial charge >= 0.3 is 0 Å². The number of hydrogen-bond donors (Lipinski definition) is 1. The molecule has 1 unspecified atom stereocenters. The highest BCUT2D eigenvalue weighted by Crippen LogP contribution is 2.24. The van der Waals surface area contributed by atoms with Crippen LogP contribution in [0.3, 0.4) is 0 Å². The summed E-state index contributed by atoms with van der Waals surface area (Å²) in [5.41, 5.74) is -0.0197. The molecule has 4 heteroatoms. The van der Waals surface area contributed by atoms with Crippen molar-refractivity contribution in [3.63, 3.8) is 0 Å². The van der Waals surface area contributed by atoms with Crippen molar-refractivity contribution in [1.29, 1.82) is 0 Å². The van der Waals surface area contributed by atoms with E-state index in [0.29, 0.717) is 13.0 Å². The van der Waals surface area contributed by atoms with Gasteiger partial charge in [0.1, 0.15) is 0 Å². The molecule has 1 heterocycles. The lowest BCUT2D eigenvalue weighted by Gasteiger charge is -2.23. The predicted octanol–water partition coefficient (Wildman–Crippen LogP) is 1.01. The molecule has 0 radical (unpaired) electrons. The topological polar surface area (TPSA) is 47.6 Å². The second kappa shape index (κ2) is 4.58. The molecule has 0 bridgehead atoms. The quantitative estimate of drug-likeness (QED) is 0.397. The molecule has 0 spiro atoms. The minimum absolute atomic E-state index is 0.0197. The summed E-state index contributed by atoms with van der Waals surface area (Å²) >= 11 is 0. The minimum atomic E-state index is -0.0197. The highest BCUT2D eigenvalue weighted by Gasteiger charge is 2.31. The Kier molecular flexibility index (Phi) is 3.69. The van der Waals surface area contributed by atoms with E-state index in [4.69, 9.17) is 4.89 Å². The molecular weight excluding hydrogens is 170 g/mol. The van der Waals surface area contributed by atoms with E-state index in [-0.39, 0.29) is 11.4 Å². The summed E-state index contributed by atoms with van der Waals surface area (Å²) in [6, 6.07) is 0. The van der Waals surface area contributed by atoms with Gasteiger partial charge in [-0.3, -0.25) is 4.79 Å². The molecule has 13 heavy (non-hydrogen) atoms. The van der Waals surface area contributed by atoms with Gasteiger partial charge in [-0.25, -0.2) is 9.78 Å². The zero-order valence-corrected chi connectivity index (χ0v) is 8.26. The molecule has 0 aromatic rings. The van der Waals surface area contributed by atoms with Crippen LogP contribution in [-0.2, 0) is 14.6 Å². The summed E-state index contributed by atoms with van der Waals surface area (Å²) in [6.07, 6.45) is 3.44. The van der Waals surface area contributed by atoms with Gasteiger partial charge in [0.05, 0.1) is 13.7 Å². The Morgan fingerprint density at radius 1 is 1.62 bits per heavy atom. The lowest BCUT2D eigenvalue weighted by atomic mass is 9.94. The monoisotopic (exact) mass is 187 g/mol. The van der Waals surface area contributed by atoms with E-state index in [2.05, 4.69) is 17.1 Å². The van der Waals surface area contributed by atoms with E-state index < -0.39 is 0 Å². The Morgan fingerprint density at radius 3 is 2.92 bits per heavy atom. The van der Waals surface area contributed by atoms with E-state index in [1.54, 1.807) is 0 Å². The van der Waals surface area contributed by atoms with Gasteiger partial charge < -0.3 is 5.32 Å². The number of rotatable bonds is 5. The van der Waals surface area contributed by atoms with Crippen molar-refractivity contribution in [3.05, 3.63) is 0 Å². The second-order valence-electron chi connectivity index (χ2n) is 3.70. The Bertz CT molecular complexity index is 184. The van der Waals surface area contributed by atoms with Crippen LogP contribution in [0.5, 0.6) is 0 Å². The van der Waals surface area contributed by atoms with E-state index in [9.17, 15) is 4.79 Å². The largest absolute Gasteiger partial charge is 0.351 e. The van der Waals surface area contributed by atoms with Crippen molar-refractivity contribution >= 4 is 5.91 Å². The number of carbonyl (C=O) groups is 1. The summed E-state index contributed by atoms with van der Waals surface area (Å²) in [5, 5.41) is 2.97. The first-order valence-electron chi connectivity index (χ1n) is 4.63. The highest BCUT2D eigenvalue weighted by molar-refractivity contribution is 5.79. The maximum absolute atomic E-state index is 11.0. The van der Waals surface area contributed by atoms with E-state index >= 15 is 0 Å². The molecule has 1 aliphatic heterocycles. The average Bonchev–Trinajstić information content (AvgIpc) is 2.41. The van der Waals surface area contributed by atoms with Crippen LogP contribution in [0.2, 0.25) is 0 Å². The molecule has 0 aromatic carbocycles. The van der Waals surface area contributed by atoms with Crippen LogP contribution < -0.4 is 5.32 Å². The first-order valence-corrected chi connectivity index (χ1v) is 4.63. The maximum atomic E-state index is 11.0. The molecule has 1 amide bonds. The Labute approximate surface area is 78.5 Å². The van der Waals surface area contributed by atoms with Gasteiger partial charge in [-0.05, 0) is 26.2 Å². The van der Waals surface area contributed by atoms with Crippen molar-refractivity contribution < 1.29 is 14.6 Å². The van der Waals surface area contributed by atoms with Crippen molar-refractivity contribution in [3.8, 4) is 0 Å². The minimum Gasteiger partial charge on any atom is -0.351 e. The Hall–Kier alpha value is -0.610. The molecule has 76 valence electrons. The van der Waals surface area contributed by atoms with Gasteiger partial charge in [-0.2, -0.15) is 0 Å². The molecule has 1 saturated heterocycles. The fourth-order valence-corrected chi connectivity index (χ4v) is 1.64. The lowest BCUT2D eigenvalue weighted by Crippen LogP contribution is -2.38. The smallest absolute Gasteiger partial charge is 0.220 e. The van der Waals surface area contributed by atoms with E-state index in [1.165, 1.54) is 7.11 Å². The first-order chi connectivity index (χ1) is 6.16. The highest BCUT2D eigenvalue weighted by atomic mass is 17.2. The lowest BCUT2D eigenvalue weighted by molar-refractivity contribution is -0.273. The molecule has 0 saturated carbocycles. The molecule has 1 aliphatic rings. The average molecular weight is 187 g/mol. The molecule has 1 atom stereocenters. The van der Waals surface area contributed by atoms with Gasteiger partial charge in [-0.15, -0.1) is 0 Å². The normalized spacial score (nSPS) is 27.7. The fourth-order valence-electron chi connectivity index (χ4n) is 1.64. The number of amides is 1. The van der Waals surface area contributed by atoms with Crippen LogP contribution in [0.1, 0.15) is 32.6 Å². The Morgan fingerprint density at radius 2 is 2.38 bits per heavy atom. The molecule has 4 nitrogen and oxygen atoms in total. The van der Waals surface area contributed by atoms with Crippen LogP contribution in [-0.4, -0.2) is 25.2 Å². The number of nitrogens with one attached hydrogen (secondary N) is 1. The predicted molar refractivity (Wildman–Crippen MR) is 48.0 cm³/mol. The first kappa shape index (κ1) is 10.5. The zero-order valence-electron chi connectivity index (χ0n) is 8.26. The van der Waals surface area contributed by atoms with Gasteiger partial charge in [0.25, 0.3) is 0 Å². The van der Waals surface area contributed by atoms with Crippen LogP contribution in [0.15, 0.2) is 0 Å². The third-order valence-electron chi connectivity index (χ3n) is 2.42. The zero-order chi connectivity index (χ0) is 9.73. The second-order valence-corrected chi connectivity index (χ2v) is 3.70. The van der Waals surface area contributed by atoms with Crippen LogP contribution in [0.25, 0.3) is 0 Å².